The first-order valence-electron chi connectivity index (χ1n) is 14.0. The lowest BCUT2D eigenvalue weighted by Crippen LogP contribution is -2.18. The van der Waals surface area contributed by atoms with E-state index in [-0.39, 0.29) is 0 Å². The fourth-order valence-corrected chi connectivity index (χ4v) is 5.01. The molecule has 1 aliphatic rings. The minimum atomic E-state index is 0.435. The zero-order chi connectivity index (χ0) is 25.6. The summed E-state index contributed by atoms with van der Waals surface area (Å²) in [5, 5.41) is 35.5. The Labute approximate surface area is 218 Å². The van der Waals surface area contributed by atoms with E-state index in [1.165, 1.54) is 36.8 Å². The molecule has 3 rings (SSSR count). The van der Waals surface area contributed by atoms with E-state index >= 15 is 0 Å². The van der Waals surface area contributed by atoms with Gasteiger partial charge in [0.25, 0.3) is 0 Å². The van der Waals surface area contributed by atoms with Crippen LogP contribution >= 0.6 is 0 Å². The van der Waals surface area contributed by atoms with Gasteiger partial charge in [0.15, 0.2) is 0 Å². The van der Waals surface area contributed by atoms with Gasteiger partial charge >= 0.3 is 0 Å². The number of hydrogen-bond acceptors (Lipinski definition) is 6. The van der Waals surface area contributed by atoms with Crippen molar-refractivity contribution in [2.45, 2.75) is 91.4 Å². The summed E-state index contributed by atoms with van der Waals surface area (Å²) in [4.78, 5) is 0. The summed E-state index contributed by atoms with van der Waals surface area (Å²) < 4.78 is 0. The maximum absolute atomic E-state index is 10.8. The third-order valence-corrected chi connectivity index (χ3v) is 7.00. The van der Waals surface area contributed by atoms with Crippen molar-refractivity contribution < 1.29 is 10.2 Å². The van der Waals surface area contributed by atoms with Gasteiger partial charge in [0.05, 0.1) is 0 Å². The van der Waals surface area contributed by atoms with Crippen molar-refractivity contribution in [2.75, 3.05) is 26.2 Å². The monoisotopic (exact) mass is 496 g/mol. The van der Waals surface area contributed by atoms with Crippen molar-refractivity contribution in [3.05, 3.63) is 57.6 Å². The smallest absolute Gasteiger partial charge is 0.124 e. The molecule has 0 saturated carbocycles. The van der Waals surface area contributed by atoms with Crippen molar-refractivity contribution in [2.24, 2.45) is 0 Å². The average Bonchev–Trinajstić information content (AvgIpc) is 2.85. The van der Waals surface area contributed by atoms with Crippen LogP contribution in [0.5, 0.6) is 11.5 Å². The summed E-state index contributed by atoms with van der Waals surface area (Å²) in [6.07, 6.45) is 9.30. The van der Waals surface area contributed by atoms with Crippen LogP contribution in [0.2, 0.25) is 0 Å². The van der Waals surface area contributed by atoms with Crippen molar-refractivity contribution in [3.63, 3.8) is 0 Å². The van der Waals surface area contributed by atoms with Crippen LogP contribution in [0.25, 0.3) is 0 Å². The lowest BCUT2D eigenvalue weighted by Gasteiger charge is -2.14. The number of nitrogens with one attached hydrogen (secondary N) is 4. The molecule has 2 aromatic rings. The number of hydrogen-bond donors (Lipinski definition) is 6. The molecule has 0 atom stereocenters. The van der Waals surface area contributed by atoms with E-state index in [9.17, 15) is 10.2 Å². The van der Waals surface area contributed by atoms with Gasteiger partial charge in [-0.05, 0) is 65.7 Å². The minimum Gasteiger partial charge on any atom is -0.507 e. The summed E-state index contributed by atoms with van der Waals surface area (Å²) >= 11 is 0. The molecule has 1 heterocycles. The van der Waals surface area contributed by atoms with Crippen molar-refractivity contribution in [1.29, 1.82) is 0 Å². The van der Waals surface area contributed by atoms with Crippen molar-refractivity contribution >= 4 is 0 Å². The highest BCUT2D eigenvalue weighted by Gasteiger charge is 2.10. The number of phenols is 2. The van der Waals surface area contributed by atoms with Crippen LogP contribution in [0.3, 0.4) is 0 Å². The molecule has 6 nitrogen and oxygen atoms in total. The van der Waals surface area contributed by atoms with E-state index in [1.54, 1.807) is 0 Å². The third-order valence-electron chi connectivity index (χ3n) is 7.00. The van der Waals surface area contributed by atoms with Crippen molar-refractivity contribution in [1.82, 2.24) is 21.3 Å². The molecule has 0 radical (unpaired) electrons. The molecule has 0 aliphatic carbocycles. The van der Waals surface area contributed by atoms with Gasteiger partial charge in [0.1, 0.15) is 11.5 Å². The Kier molecular flexibility index (Phi) is 12.5. The lowest BCUT2D eigenvalue weighted by atomic mass is 10.0. The van der Waals surface area contributed by atoms with E-state index in [2.05, 4.69) is 59.4 Å². The first kappa shape index (κ1) is 28.5. The molecule has 1 aliphatic heterocycles. The fourth-order valence-electron chi connectivity index (χ4n) is 5.01. The summed E-state index contributed by atoms with van der Waals surface area (Å²) in [5.41, 5.74) is 6.37. The molecule has 0 fully saturated rings. The molecule has 200 valence electrons. The molecule has 0 spiro atoms. The van der Waals surface area contributed by atoms with Gasteiger partial charge in [-0.25, -0.2) is 0 Å². The summed E-state index contributed by atoms with van der Waals surface area (Å²) in [6.45, 7) is 10.9. The molecule has 4 bridgehead atoms. The van der Waals surface area contributed by atoms with Gasteiger partial charge in [0, 0.05) is 48.4 Å². The van der Waals surface area contributed by atoms with Crippen LogP contribution in [-0.2, 0) is 26.2 Å². The Bertz CT molecular complexity index is 790. The maximum atomic E-state index is 10.8. The Morgan fingerprint density at radius 1 is 0.444 bits per heavy atom. The van der Waals surface area contributed by atoms with Crippen LogP contribution in [0.4, 0.5) is 0 Å². The molecule has 6 heteroatoms. The second-order valence-electron chi connectivity index (χ2n) is 10.4. The molecule has 6 N–H and O–H groups in total. The van der Waals surface area contributed by atoms with Gasteiger partial charge < -0.3 is 31.5 Å². The molecular formula is C30H48N4O2. The third kappa shape index (κ3) is 9.74. The number of aromatic hydroxyl groups is 2. The second kappa shape index (κ2) is 15.9. The quantitative estimate of drug-likeness (QED) is 0.311. The zero-order valence-corrected chi connectivity index (χ0v) is 22.5. The number of rotatable bonds is 0. The summed E-state index contributed by atoms with van der Waals surface area (Å²) in [5.74, 6) is 0.871. The van der Waals surface area contributed by atoms with E-state index in [0.717, 1.165) is 74.1 Å². The maximum Gasteiger partial charge on any atom is 0.124 e. The molecule has 0 saturated heterocycles. The highest BCUT2D eigenvalue weighted by atomic mass is 16.3. The molecular weight excluding hydrogens is 448 g/mol. The number of phenolic OH excluding ortho intramolecular Hbond substituents is 2. The highest BCUT2D eigenvalue weighted by molar-refractivity contribution is 5.44. The van der Waals surface area contributed by atoms with Gasteiger partial charge in [0.2, 0.25) is 0 Å². The second-order valence-corrected chi connectivity index (χ2v) is 10.4. The first-order chi connectivity index (χ1) is 17.5. The van der Waals surface area contributed by atoms with Crippen molar-refractivity contribution in [3.8, 4) is 11.5 Å². The standard InChI is InChI=1S/C30H48N4O2/c1-23-15-25-19-31-11-7-3-5-9-13-33-21-27-17-24(2)18-28(30(27)36)22-34-14-10-6-4-8-12-32-20-26(16-23)29(25)35/h15-18,31-36H,3-14,19-22H2,1-2H3. The summed E-state index contributed by atoms with van der Waals surface area (Å²) in [7, 11) is 0. The predicted molar refractivity (Wildman–Crippen MR) is 149 cm³/mol. The number of aryl methyl sites for hydroxylation is 2. The number of benzene rings is 2. The Hall–Kier alpha value is -2.12. The van der Waals surface area contributed by atoms with E-state index in [1.807, 2.05) is 0 Å². The topological polar surface area (TPSA) is 88.6 Å². The van der Waals surface area contributed by atoms with Gasteiger partial charge in [-0.2, -0.15) is 0 Å². The summed E-state index contributed by atoms with van der Waals surface area (Å²) in [6, 6.07) is 8.37. The molecule has 2 aromatic carbocycles. The SMILES string of the molecule is Cc1cc2c(O)c(c1)CNCCCCCCNCc1cc(C)cc(c1O)CNCCCCCCNC2. The number of fused-ring (bicyclic) bond motifs is 4. The Balaban J connectivity index is 1.52. The Morgan fingerprint density at radius 2 is 0.694 bits per heavy atom. The molecule has 0 unspecified atom stereocenters. The fraction of sp³-hybridized carbons (Fsp3) is 0.600. The van der Waals surface area contributed by atoms with Crippen LogP contribution in [0, 0.1) is 13.8 Å². The van der Waals surface area contributed by atoms with Crippen LogP contribution in [0.1, 0.15) is 84.7 Å². The molecule has 36 heavy (non-hydrogen) atoms. The van der Waals surface area contributed by atoms with Crippen LogP contribution in [-0.4, -0.2) is 36.4 Å². The first-order valence-corrected chi connectivity index (χ1v) is 14.0. The van der Waals surface area contributed by atoms with Crippen LogP contribution in [0.15, 0.2) is 24.3 Å². The molecule has 0 amide bonds. The van der Waals surface area contributed by atoms with E-state index in [0.29, 0.717) is 37.7 Å². The lowest BCUT2D eigenvalue weighted by molar-refractivity contribution is 0.450. The normalized spacial score (nSPS) is 18.5. The van der Waals surface area contributed by atoms with E-state index in [4.69, 9.17) is 0 Å². The van der Waals surface area contributed by atoms with Gasteiger partial charge in [-0.15, -0.1) is 0 Å². The van der Waals surface area contributed by atoms with E-state index < -0.39 is 0 Å². The predicted octanol–water partition coefficient (Wildman–Crippen LogP) is 4.91. The van der Waals surface area contributed by atoms with Crippen LogP contribution < -0.4 is 21.3 Å². The van der Waals surface area contributed by atoms with Gasteiger partial charge in [-0.1, -0.05) is 61.1 Å². The zero-order valence-electron chi connectivity index (χ0n) is 22.5. The minimum absolute atomic E-state index is 0.435. The highest BCUT2D eigenvalue weighted by Crippen LogP contribution is 2.26. The van der Waals surface area contributed by atoms with Gasteiger partial charge in [-0.3, -0.25) is 0 Å². The largest absolute Gasteiger partial charge is 0.507 e. The Morgan fingerprint density at radius 3 is 0.944 bits per heavy atom. The average molecular weight is 497 g/mol. The molecule has 0 aromatic heterocycles.